The number of thiophene rings is 1. The summed E-state index contributed by atoms with van der Waals surface area (Å²) >= 11 is 7.34. The molecule has 0 saturated carbocycles. The molecule has 0 radical (unpaired) electrons. The molecule has 2 heterocycles. The molecule has 2 N–H and O–H groups in total. The van der Waals surface area contributed by atoms with E-state index >= 15 is 0 Å². The molecule has 0 spiro atoms. The fraction of sp³-hybridized carbons (Fsp3) is 0.0714. The molecule has 0 unspecified atom stereocenters. The predicted octanol–water partition coefficient (Wildman–Crippen LogP) is 3.51. The molecule has 0 amide bonds. The highest BCUT2D eigenvalue weighted by Crippen LogP contribution is 2.37. The highest BCUT2D eigenvalue weighted by Gasteiger charge is 2.15. The number of carboxylic acids is 1. The molecule has 1 aromatic carbocycles. The number of carboxylic acid groups (broad SMARTS) is 1. The minimum absolute atomic E-state index is 0.0943. The van der Waals surface area contributed by atoms with E-state index in [1.807, 2.05) is 35.7 Å². The number of aliphatic carboxylic acids is 1. The predicted molar refractivity (Wildman–Crippen MR) is 84.0 cm³/mol. The largest absolute Gasteiger partial charge is 0.480 e. The van der Waals surface area contributed by atoms with Crippen LogP contribution in [0.4, 0.5) is 5.82 Å². The summed E-state index contributed by atoms with van der Waals surface area (Å²) in [5, 5.41) is 14.5. The Morgan fingerprint density at radius 2 is 2.05 bits per heavy atom. The smallest absolute Gasteiger partial charge is 0.322 e. The van der Waals surface area contributed by atoms with Crippen molar-refractivity contribution >= 4 is 44.9 Å². The summed E-state index contributed by atoms with van der Waals surface area (Å²) in [4.78, 5) is 19.8. The van der Waals surface area contributed by atoms with Gasteiger partial charge in [-0.15, -0.1) is 11.3 Å². The van der Waals surface area contributed by atoms with Gasteiger partial charge in [0.2, 0.25) is 5.28 Å². The van der Waals surface area contributed by atoms with Crippen molar-refractivity contribution in [1.29, 1.82) is 0 Å². The molecule has 0 atom stereocenters. The van der Waals surface area contributed by atoms with Gasteiger partial charge in [-0.2, -0.15) is 0 Å². The zero-order valence-electron chi connectivity index (χ0n) is 10.7. The van der Waals surface area contributed by atoms with Crippen LogP contribution >= 0.6 is 22.9 Å². The summed E-state index contributed by atoms with van der Waals surface area (Å²) in [6.07, 6.45) is 0. The molecule has 7 heteroatoms. The Labute approximate surface area is 129 Å². The van der Waals surface area contributed by atoms with Gasteiger partial charge in [0.05, 0.1) is 5.39 Å². The lowest BCUT2D eigenvalue weighted by Crippen LogP contribution is -2.13. The second-order valence-corrected chi connectivity index (χ2v) is 5.48. The number of nitrogens with one attached hydrogen (secondary N) is 1. The maximum atomic E-state index is 10.8. The van der Waals surface area contributed by atoms with Crippen molar-refractivity contribution in [2.45, 2.75) is 0 Å². The Kier molecular flexibility index (Phi) is 3.72. The second kappa shape index (κ2) is 5.67. The molecule has 2 aromatic heterocycles. The van der Waals surface area contributed by atoms with Gasteiger partial charge < -0.3 is 10.4 Å². The van der Waals surface area contributed by atoms with Crippen molar-refractivity contribution < 1.29 is 9.90 Å². The standard InChI is InChI=1S/C14H10ClN3O2S/c15-14-17-12(16-6-10(19)20)11-9(7-21-13(11)18-14)8-4-2-1-3-5-8/h1-5,7H,6H2,(H,19,20)(H,16,17,18). The van der Waals surface area contributed by atoms with Crippen LogP contribution in [0.2, 0.25) is 5.28 Å². The number of anilines is 1. The first-order valence-electron chi connectivity index (χ1n) is 6.11. The van der Waals surface area contributed by atoms with Gasteiger partial charge in [0, 0.05) is 10.9 Å². The fourth-order valence-electron chi connectivity index (χ4n) is 2.03. The number of halogens is 1. The molecular formula is C14H10ClN3O2S. The number of hydrogen-bond acceptors (Lipinski definition) is 5. The Bertz CT molecular complexity index is 805. The Hall–Kier alpha value is -2.18. The third kappa shape index (κ3) is 2.81. The zero-order chi connectivity index (χ0) is 14.8. The lowest BCUT2D eigenvalue weighted by atomic mass is 10.1. The molecule has 0 bridgehead atoms. The van der Waals surface area contributed by atoms with Crippen molar-refractivity contribution in [3.63, 3.8) is 0 Å². The van der Waals surface area contributed by atoms with Gasteiger partial charge in [-0.25, -0.2) is 9.97 Å². The maximum Gasteiger partial charge on any atom is 0.322 e. The molecule has 21 heavy (non-hydrogen) atoms. The summed E-state index contributed by atoms with van der Waals surface area (Å²) in [6.45, 7) is -0.230. The Balaban J connectivity index is 2.16. The molecule has 0 fully saturated rings. The molecular weight excluding hydrogens is 310 g/mol. The van der Waals surface area contributed by atoms with Gasteiger partial charge in [0.15, 0.2) is 0 Å². The minimum atomic E-state index is -0.964. The molecule has 5 nitrogen and oxygen atoms in total. The van der Waals surface area contributed by atoms with E-state index < -0.39 is 5.97 Å². The fourth-order valence-corrected chi connectivity index (χ4v) is 3.20. The lowest BCUT2D eigenvalue weighted by molar-refractivity contribution is -0.134. The normalized spacial score (nSPS) is 10.7. The van der Waals surface area contributed by atoms with E-state index in [-0.39, 0.29) is 11.8 Å². The van der Waals surface area contributed by atoms with Gasteiger partial charge in [-0.05, 0) is 17.2 Å². The summed E-state index contributed by atoms with van der Waals surface area (Å²) in [5.74, 6) is -0.526. The van der Waals surface area contributed by atoms with Crippen LogP contribution in [0.3, 0.4) is 0 Å². The van der Waals surface area contributed by atoms with Gasteiger partial charge in [-0.3, -0.25) is 4.79 Å². The highest BCUT2D eigenvalue weighted by atomic mass is 35.5. The van der Waals surface area contributed by atoms with Crippen LogP contribution in [0.5, 0.6) is 0 Å². The van der Waals surface area contributed by atoms with Crippen molar-refractivity contribution in [3.8, 4) is 11.1 Å². The summed E-state index contributed by atoms with van der Waals surface area (Å²) < 4.78 is 0. The first kappa shape index (κ1) is 13.8. The number of rotatable bonds is 4. The molecule has 0 aliphatic rings. The number of aromatic nitrogens is 2. The third-order valence-corrected chi connectivity index (χ3v) is 3.94. The maximum absolute atomic E-state index is 10.8. The molecule has 0 aliphatic carbocycles. The molecule has 0 saturated heterocycles. The molecule has 3 rings (SSSR count). The van der Waals surface area contributed by atoms with Crippen molar-refractivity contribution in [1.82, 2.24) is 9.97 Å². The van der Waals surface area contributed by atoms with Crippen LogP contribution in [-0.4, -0.2) is 27.6 Å². The van der Waals surface area contributed by atoms with E-state index in [0.29, 0.717) is 5.82 Å². The number of nitrogens with zero attached hydrogens (tertiary/aromatic N) is 2. The average Bonchev–Trinajstić information content (AvgIpc) is 2.89. The number of benzene rings is 1. The van der Waals surface area contributed by atoms with Crippen LogP contribution in [0.25, 0.3) is 21.3 Å². The highest BCUT2D eigenvalue weighted by molar-refractivity contribution is 7.17. The van der Waals surface area contributed by atoms with E-state index in [1.54, 1.807) is 0 Å². The topological polar surface area (TPSA) is 75.1 Å². The van der Waals surface area contributed by atoms with Crippen molar-refractivity contribution in [2.24, 2.45) is 0 Å². The van der Waals surface area contributed by atoms with Gasteiger partial charge >= 0.3 is 5.97 Å². The van der Waals surface area contributed by atoms with E-state index in [4.69, 9.17) is 16.7 Å². The van der Waals surface area contributed by atoms with Crippen molar-refractivity contribution in [3.05, 3.63) is 41.0 Å². The SMILES string of the molecule is O=C(O)CNc1nc(Cl)nc2scc(-c3ccccc3)c12. The van der Waals surface area contributed by atoms with E-state index in [2.05, 4.69) is 15.3 Å². The number of fused-ring (bicyclic) bond motifs is 1. The van der Waals surface area contributed by atoms with Gasteiger partial charge in [0.25, 0.3) is 0 Å². The van der Waals surface area contributed by atoms with Crippen LogP contribution in [0.15, 0.2) is 35.7 Å². The first-order valence-corrected chi connectivity index (χ1v) is 7.37. The van der Waals surface area contributed by atoms with Gasteiger partial charge in [0.1, 0.15) is 17.2 Å². The second-order valence-electron chi connectivity index (χ2n) is 4.28. The first-order chi connectivity index (χ1) is 10.1. The van der Waals surface area contributed by atoms with Crippen LogP contribution in [0, 0.1) is 0 Å². The molecule has 106 valence electrons. The Morgan fingerprint density at radius 3 is 2.76 bits per heavy atom. The zero-order valence-corrected chi connectivity index (χ0v) is 12.3. The third-order valence-electron chi connectivity index (χ3n) is 2.90. The average molecular weight is 320 g/mol. The Morgan fingerprint density at radius 1 is 1.29 bits per heavy atom. The summed E-state index contributed by atoms with van der Waals surface area (Å²) in [5.41, 5.74) is 1.98. The molecule has 3 aromatic rings. The van der Waals surface area contributed by atoms with Crippen molar-refractivity contribution in [2.75, 3.05) is 11.9 Å². The van der Waals surface area contributed by atoms with Crippen LogP contribution < -0.4 is 5.32 Å². The number of carbonyl (C=O) groups is 1. The summed E-state index contributed by atoms with van der Waals surface area (Å²) in [6, 6.07) is 9.79. The summed E-state index contributed by atoms with van der Waals surface area (Å²) in [7, 11) is 0. The monoisotopic (exact) mass is 319 g/mol. The number of hydrogen-bond donors (Lipinski definition) is 2. The van der Waals surface area contributed by atoms with Gasteiger partial charge in [-0.1, -0.05) is 30.3 Å². The lowest BCUT2D eigenvalue weighted by Gasteiger charge is -2.07. The molecule has 0 aliphatic heterocycles. The quantitative estimate of drug-likeness (QED) is 0.720. The van der Waals surface area contributed by atoms with Crippen LogP contribution in [0.1, 0.15) is 0 Å². The van der Waals surface area contributed by atoms with Crippen LogP contribution in [-0.2, 0) is 4.79 Å². The van der Waals surface area contributed by atoms with E-state index in [9.17, 15) is 4.79 Å². The van der Waals surface area contributed by atoms with E-state index in [1.165, 1.54) is 11.3 Å². The minimum Gasteiger partial charge on any atom is -0.480 e. The van der Waals surface area contributed by atoms with E-state index in [0.717, 1.165) is 21.3 Å².